The van der Waals surface area contributed by atoms with Gasteiger partial charge in [0.05, 0.1) is 0 Å². The van der Waals surface area contributed by atoms with Crippen LogP contribution in [-0.2, 0) is 0 Å². The Morgan fingerprint density at radius 3 is 2.57 bits per heavy atom. The Bertz CT molecular complexity index is 153. The maximum Gasteiger partial charge on any atom is 0.316 e. The molecule has 0 rings (SSSR count). The van der Waals surface area contributed by atoms with E-state index in [2.05, 4.69) is 16.9 Å². The fourth-order valence-electron chi connectivity index (χ4n) is 0.882. The number of hydrogen-bond donors (Lipinski definition) is 2. The Morgan fingerprint density at radius 2 is 2.00 bits per heavy atom. The molecule has 0 heterocycles. The summed E-state index contributed by atoms with van der Waals surface area (Å²) >= 11 is 1.86. The van der Waals surface area contributed by atoms with Gasteiger partial charge < -0.3 is 15.5 Å². The Balaban J connectivity index is 3.10. The van der Waals surface area contributed by atoms with Crippen molar-refractivity contribution in [1.82, 2.24) is 15.5 Å². The number of carbonyl (C=O) groups is 1. The quantitative estimate of drug-likeness (QED) is 0.616. The second-order valence-electron chi connectivity index (χ2n) is 3.22. The van der Waals surface area contributed by atoms with Crippen molar-refractivity contribution in [3.8, 4) is 0 Å². The lowest BCUT2D eigenvalue weighted by molar-refractivity contribution is 0.217. The van der Waals surface area contributed by atoms with Gasteiger partial charge in [0.15, 0.2) is 0 Å². The zero-order valence-corrected chi connectivity index (χ0v) is 10.1. The number of carbonyl (C=O) groups excluding carboxylic acids is 1. The van der Waals surface area contributed by atoms with Crippen molar-refractivity contribution in [1.29, 1.82) is 0 Å². The highest BCUT2D eigenvalue weighted by molar-refractivity contribution is 7.98. The van der Waals surface area contributed by atoms with Gasteiger partial charge >= 0.3 is 6.03 Å². The van der Waals surface area contributed by atoms with Gasteiger partial charge in [-0.15, -0.1) is 0 Å². The summed E-state index contributed by atoms with van der Waals surface area (Å²) in [4.78, 5) is 12.6. The molecule has 4 nitrogen and oxygen atoms in total. The molecular formula is C9H21N3OS. The van der Waals surface area contributed by atoms with Crippen LogP contribution in [0.2, 0.25) is 0 Å². The molecule has 0 aromatic carbocycles. The van der Waals surface area contributed by atoms with Gasteiger partial charge in [0, 0.05) is 27.2 Å². The standard InChI is InChI=1S/C9H21N3OS/c1-12(2)9(13)11-7-6-10-5-4-8-14-3/h10H,4-8H2,1-3H3,(H,11,13). The molecule has 0 aromatic heterocycles. The molecule has 0 aliphatic carbocycles. The summed E-state index contributed by atoms with van der Waals surface area (Å²) in [6.07, 6.45) is 3.29. The van der Waals surface area contributed by atoms with Gasteiger partial charge in [0.1, 0.15) is 0 Å². The minimum absolute atomic E-state index is 0.0316. The predicted molar refractivity (Wildman–Crippen MR) is 63.0 cm³/mol. The monoisotopic (exact) mass is 219 g/mol. The summed E-state index contributed by atoms with van der Waals surface area (Å²) in [5.41, 5.74) is 0. The van der Waals surface area contributed by atoms with Crippen molar-refractivity contribution in [2.24, 2.45) is 0 Å². The fraction of sp³-hybridized carbons (Fsp3) is 0.889. The number of amides is 2. The molecule has 0 saturated carbocycles. The van der Waals surface area contributed by atoms with Gasteiger partial charge in [-0.1, -0.05) is 0 Å². The first-order valence-corrected chi connectivity index (χ1v) is 6.22. The molecule has 0 aliphatic rings. The van der Waals surface area contributed by atoms with Gasteiger partial charge in [0.25, 0.3) is 0 Å². The molecule has 14 heavy (non-hydrogen) atoms. The summed E-state index contributed by atoms with van der Waals surface area (Å²) in [6, 6.07) is -0.0316. The molecule has 0 unspecified atom stereocenters. The highest BCUT2D eigenvalue weighted by Gasteiger charge is 1.99. The number of hydrogen-bond acceptors (Lipinski definition) is 3. The third kappa shape index (κ3) is 8.19. The molecule has 0 spiro atoms. The second kappa shape index (κ2) is 9.15. The van der Waals surface area contributed by atoms with Crippen LogP contribution in [0.5, 0.6) is 0 Å². The molecule has 0 bridgehead atoms. The zero-order valence-electron chi connectivity index (χ0n) is 9.30. The number of nitrogens with zero attached hydrogens (tertiary/aromatic N) is 1. The molecule has 0 atom stereocenters. The van der Waals surface area contributed by atoms with Crippen molar-refractivity contribution in [3.63, 3.8) is 0 Å². The molecular weight excluding hydrogens is 198 g/mol. The average Bonchev–Trinajstić information content (AvgIpc) is 2.16. The molecule has 0 saturated heterocycles. The summed E-state index contributed by atoms with van der Waals surface area (Å²) in [7, 11) is 3.47. The Morgan fingerprint density at radius 1 is 1.29 bits per heavy atom. The van der Waals surface area contributed by atoms with E-state index in [9.17, 15) is 4.79 Å². The van der Waals surface area contributed by atoms with Gasteiger partial charge in [0.2, 0.25) is 0 Å². The number of rotatable bonds is 7. The van der Waals surface area contributed by atoms with E-state index in [4.69, 9.17) is 0 Å². The van der Waals surface area contributed by atoms with Crippen molar-refractivity contribution < 1.29 is 4.79 Å². The molecule has 2 N–H and O–H groups in total. The van der Waals surface area contributed by atoms with Crippen LogP contribution in [0.3, 0.4) is 0 Å². The molecule has 0 aliphatic heterocycles. The molecule has 84 valence electrons. The fourth-order valence-corrected chi connectivity index (χ4v) is 1.32. The lowest BCUT2D eigenvalue weighted by Crippen LogP contribution is -2.38. The average molecular weight is 219 g/mol. The van der Waals surface area contributed by atoms with Gasteiger partial charge in [-0.3, -0.25) is 0 Å². The lowest BCUT2D eigenvalue weighted by Gasteiger charge is -2.11. The Hall–Kier alpha value is -0.420. The Kier molecular flexibility index (Phi) is 8.87. The van der Waals surface area contributed by atoms with Crippen LogP contribution in [0.15, 0.2) is 0 Å². The summed E-state index contributed by atoms with van der Waals surface area (Å²) < 4.78 is 0. The maximum absolute atomic E-state index is 11.1. The molecule has 5 heteroatoms. The SMILES string of the molecule is CSCCCNCCNC(=O)N(C)C. The smallest absolute Gasteiger partial charge is 0.316 e. The minimum Gasteiger partial charge on any atom is -0.337 e. The van der Waals surface area contributed by atoms with Crippen LogP contribution in [-0.4, -0.2) is 56.7 Å². The molecule has 2 amide bonds. The topological polar surface area (TPSA) is 44.4 Å². The van der Waals surface area contributed by atoms with Crippen LogP contribution >= 0.6 is 11.8 Å². The highest BCUT2D eigenvalue weighted by atomic mass is 32.2. The highest BCUT2D eigenvalue weighted by Crippen LogP contribution is 1.92. The van der Waals surface area contributed by atoms with E-state index in [1.807, 2.05) is 11.8 Å². The van der Waals surface area contributed by atoms with E-state index >= 15 is 0 Å². The minimum atomic E-state index is -0.0316. The third-order valence-electron chi connectivity index (χ3n) is 1.69. The van der Waals surface area contributed by atoms with E-state index in [1.54, 1.807) is 14.1 Å². The van der Waals surface area contributed by atoms with Gasteiger partial charge in [-0.25, -0.2) is 4.79 Å². The van der Waals surface area contributed by atoms with E-state index in [0.717, 1.165) is 13.1 Å². The third-order valence-corrected chi connectivity index (χ3v) is 2.38. The first-order valence-electron chi connectivity index (χ1n) is 4.83. The summed E-state index contributed by atoms with van der Waals surface area (Å²) in [5.74, 6) is 1.19. The summed E-state index contributed by atoms with van der Waals surface area (Å²) in [5, 5.41) is 6.06. The van der Waals surface area contributed by atoms with E-state index in [0.29, 0.717) is 6.54 Å². The zero-order chi connectivity index (χ0) is 10.8. The first kappa shape index (κ1) is 13.6. The molecule has 0 radical (unpaired) electrons. The predicted octanol–water partition coefficient (Wildman–Crippen LogP) is 0.600. The van der Waals surface area contributed by atoms with E-state index < -0.39 is 0 Å². The maximum atomic E-state index is 11.1. The van der Waals surface area contributed by atoms with Gasteiger partial charge in [-0.05, 0) is 25.0 Å². The number of urea groups is 1. The lowest BCUT2D eigenvalue weighted by atomic mass is 10.4. The van der Waals surface area contributed by atoms with Crippen LogP contribution < -0.4 is 10.6 Å². The van der Waals surface area contributed by atoms with Crippen molar-refractivity contribution in [2.75, 3.05) is 45.7 Å². The van der Waals surface area contributed by atoms with Crippen molar-refractivity contribution in [2.45, 2.75) is 6.42 Å². The Labute approximate surface area is 90.8 Å². The van der Waals surface area contributed by atoms with Crippen LogP contribution in [0.4, 0.5) is 4.79 Å². The van der Waals surface area contributed by atoms with Crippen LogP contribution in [0.1, 0.15) is 6.42 Å². The molecule has 0 aromatic rings. The van der Waals surface area contributed by atoms with Crippen molar-refractivity contribution in [3.05, 3.63) is 0 Å². The summed E-state index contributed by atoms with van der Waals surface area (Å²) in [6.45, 7) is 2.56. The van der Waals surface area contributed by atoms with Crippen LogP contribution in [0, 0.1) is 0 Å². The van der Waals surface area contributed by atoms with E-state index in [1.165, 1.54) is 17.1 Å². The largest absolute Gasteiger partial charge is 0.337 e. The normalized spacial score (nSPS) is 9.93. The van der Waals surface area contributed by atoms with Crippen LogP contribution in [0.25, 0.3) is 0 Å². The van der Waals surface area contributed by atoms with Crippen molar-refractivity contribution >= 4 is 17.8 Å². The molecule has 0 fully saturated rings. The van der Waals surface area contributed by atoms with E-state index in [-0.39, 0.29) is 6.03 Å². The number of nitrogens with one attached hydrogen (secondary N) is 2. The first-order chi connectivity index (χ1) is 6.68. The number of thioether (sulfide) groups is 1. The van der Waals surface area contributed by atoms with Gasteiger partial charge in [-0.2, -0.15) is 11.8 Å². The second-order valence-corrected chi connectivity index (χ2v) is 4.21.